The first-order valence-electron chi connectivity index (χ1n) is 7.43. The maximum absolute atomic E-state index is 11.7. The molecule has 0 spiro atoms. The summed E-state index contributed by atoms with van der Waals surface area (Å²) >= 11 is 0. The van der Waals surface area contributed by atoms with Gasteiger partial charge in [0.25, 0.3) is 0 Å². The molecule has 0 aromatic heterocycles. The van der Waals surface area contributed by atoms with Gasteiger partial charge < -0.3 is 9.84 Å². The highest BCUT2D eigenvalue weighted by Crippen LogP contribution is 2.36. The van der Waals surface area contributed by atoms with Crippen molar-refractivity contribution in [2.75, 3.05) is 13.4 Å². The van der Waals surface area contributed by atoms with Crippen molar-refractivity contribution in [3.05, 3.63) is 23.8 Å². The van der Waals surface area contributed by atoms with Crippen LogP contribution in [0.3, 0.4) is 0 Å². The molecule has 5 nitrogen and oxygen atoms in total. The summed E-state index contributed by atoms with van der Waals surface area (Å²) in [7, 11) is -2.01. The second-order valence-electron chi connectivity index (χ2n) is 5.96. The summed E-state index contributed by atoms with van der Waals surface area (Å²) in [6.45, 7) is 0. The van der Waals surface area contributed by atoms with Gasteiger partial charge in [-0.3, -0.25) is 4.79 Å². The summed E-state index contributed by atoms with van der Waals surface area (Å²) in [4.78, 5) is 11.7. The summed E-state index contributed by atoms with van der Waals surface area (Å²) in [5, 5.41) is 9.52. The van der Waals surface area contributed by atoms with Crippen molar-refractivity contribution in [1.82, 2.24) is 0 Å². The molecule has 0 radical (unpaired) electrons. The largest absolute Gasteiger partial charge is 0.495 e. The molecule has 1 aliphatic rings. The highest BCUT2D eigenvalue weighted by atomic mass is 32.2. The van der Waals surface area contributed by atoms with Gasteiger partial charge in [-0.25, -0.2) is 8.42 Å². The molecule has 22 heavy (non-hydrogen) atoms. The smallest absolute Gasteiger partial charge is 0.310 e. The lowest BCUT2D eigenvalue weighted by atomic mass is 9.88. The fraction of sp³-hybridized carbons (Fsp3) is 0.562. The highest BCUT2D eigenvalue weighted by Gasteiger charge is 2.27. The number of benzene rings is 1. The molecular weight excluding hydrogens is 304 g/mol. The van der Waals surface area contributed by atoms with Gasteiger partial charge in [0.15, 0.2) is 9.84 Å². The van der Waals surface area contributed by atoms with E-state index in [9.17, 15) is 18.3 Å². The average Bonchev–Trinajstić information content (AvgIpc) is 2.95. The zero-order valence-corrected chi connectivity index (χ0v) is 13.7. The van der Waals surface area contributed by atoms with Crippen LogP contribution in [0.1, 0.15) is 43.6 Å². The van der Waals surface area contributed by atoms with Gasteiger partial charge in [0, 0.05) is 6.26 Å². The van der Waals surface area contributed by atoms with Crippen LogP contribution in [0.25, 0.3) is 0 Å². The Morgan fingerprint density at radius 3 is 2.50 bits per heavy atom. The van der Waals surface area contributed by atoms with Crippen LogP contribution in [0.2, 0.25) is 0 Å². The number of rotatable bonds is 6. The molecule has 1 atom stereocenters. The average molecular weight is 326 g/mol. The first-order valence-corrected chi connectivity index (χ1v) is 9.33. The minimum Gasteiger partial charge on any atom is -0.495 e. The molecule has 1 unspecified atom stereocenters. The van der Waals surface area contributed by atoms with E-state index in [1.54, 1.807) is 12.1 Å². The molecule has 0 bridgehead atoms. The third-order valence-corrected chi connectivity index (χ3v) is 5.47. The fourth-order valence-electron chi connectivity index (χ4n) is 3.17. The third-order valence-electron chi connectivity index (χ3n) is 4.33. The predicted molar refractivity (Wildman–Crippen MR) is 83.1 cm³/mol. The molecule has 0 aliphatic heterocycles. The topological polar surface area (TPSA) is 80.7 Å². The SMILES string of the molecule is COc1cc(C(CC2CCCC2)C(=O)O)ccc1S(C)(=O)=O. The zero-order valence-electron chi connectivity index (χ0n) is 12.9. The fourth-order valence-corrected chi connectivity index (χ4v) is 3.99. The van der Waals surface area contributed by atoms with E-state index >= 15 is 0 Å². The molecule has 1 aromatic rings. The lowest BCUT2D eigenvalue weighted by Crippen LogP contribution is -2.15. The first kappa shape index (κ1) is 16.8. The number of sulfone groups is 1. The van der Waals surface area contributed by atoms with E-state index in [0.717, 1.165) is 31.9 Å². The van der Waals surface area contributed by atoms with Crippen LogP contribution in [0.4, 0.5) is 0 Å². The summed E-state index contributed by atoms with van der Waals surface area (Å²) in [6.07, 6.45) is 6.17. The van der Waals surface area contributed by atoms with Gasteiger partial charge in [-0.2, -0.15) is 0 Å². The van der Waals surface area contributed by atoms with E-state index in [-0.39, 0.29) is 10.6 Å². The molecule has 2 rings (SSSR count). The molecule has 0 amide bonds. The molecule has 6 heteroatoms. The first-order chi connectivity index (χ1) is 10.3. The molecular formula is C16H22O5S. The molecule has 0 heterocycles. The van der Waals surface area contributed by atoms with Crippen molar-refractivity contribution in [2.24, 2.45) is 5.92 Å². The Hall–Kier alpha value is -1.56. The van der Waals surface area contributed by atoms with Gasteiger partial charge in [-0.05, 0) is 30.0 Å². The van der Waals surface area contributed by atoms with Gasteiger partial charge in [-0.1, -0.05) is 31.7 Å². The number of methoxy groups -OCH3 is 1. The second kappa shape index (κ2) is 6.69. The molecule has 1 saturated carbocycles. The molecule has 1 fully saturated rings. The van der Waals surface area contributed by atoms with Crippen LogP contribution in [-0.2, 0) is 14.6 Å². The van der Waals surface area contributed by atoms with E-state index in [0.29, 0.717) is 17.9 Å². The van der Waals surface area contributed by atoms with Gasteiger partial charge in [0.05, 0.1) is 13.0 Å². The Morgan fingerprint density at radius 2 is 2.00 bits per heavy atom. The third kappa shape index (κ3) is 3.80. The van der Waals surface area contributed by atoms with Crippen LogP contribution in [0.15, 0.2) is 23.1 Å². The van der Waals surface area contributed by atoms with Gasteiger partial charge in [0.1, 0.15) is 10.6 Å². The van der Waals surface area contributed by atoms with Gasteiger partial charge in [0.2, 0.25) is 0 Å². The predicted octanol–water partition coefficient (Wildman–Crippen LogP) is 2.85. The Bertz CT molecular complexity index is 645. The summed E-state index contributed by atoms with van der Waals surface area (Å²) in [5.74, 6) is -0.856. The Labute approximate surface area is 131 Å². The van der Waals surface area contributed by atoms with Gasteiger partial charge >= 0.3 is 5.97 Å². The summed E-state index contributed by atoms with van der Waals surface area (Å²) < 4.78 is 28.6. The van der Waals surface area contributed by atoms with E-state index in [1.807, 2.05) is 0 Å². The Balaban J connectivity index is 2.33. The van der Waals surface area contributed by atoms with Crippen LogP contribution in [0.5, 0.6) is 5.75 Å². The number of hydrogen-bond acceptors (Lipinski definition) is 4. The van der Waals surface area contributed by atoms with Crippen molar-refractivity contribution in [2.45, 2.75) is 42.9 Å². The lowest BCUT2D eigenvalue weighted by molar-refractivity contribution is -0.139. The quantitative estimate of drug-likeness (QED) is 0.869. The zero-order chi connectivity index (χ0) is 16.3. The number of ether oxygens (including phenoxy) is 1. The number of carboxylic acids is 1. The lowest BCUT2D eigenvalue weighted by Gasteiger charge is -2.18. The minimum absolute atomic E-state index is 0.0868. The van der Waals surface area contributed by atoms with E-state index in [4.69, 9.17) is 4.74 Å². The summed E-state index contributed by atoms with van der Waals surface area (Å²) in [5.41, 5.74) is 0.601. The molecule has 122 valence electrons. The molecule has 1 aromatic carbocycles. The van der Waals surface area contributed by atoms with Gasteiger partial charge in [-0.15, -0.1) is 0 Å². The Morgan fingerprint density at radius 1 is 1.36 bits per heavy atom. The number of aliphatic carboxylic acids is 1. The highest BCUT2D eigenvalue weighted by molar-refractivity contribution is 7.90. The van der Waals surface area contributed by atoms with E-state index in [1.165, 1.54) is 13.2 Å². The normalized spacial score (nSPS) is 17.4. The molecule has 1 aliphatic carbocycles. The van der Waals surface area contributed by atoms with E-state index in [2.05, 4.69) is 0 Å². The Kier molecular flexibility index (Phi) is 5.11. The van der Waals surface area contributed by atoms with E-state index < -0.39 is 21.7 Å². The second-order valence-corrected chi connectivity index (χ2v) is 7.94. The number of hydrogen-bond donors (Lipinski definition) is 1. The van der Waals surface area contributed by atoms with Crippen LogP contribution >= 0.6 is 0 Å². The van der Waals surface area contributed by atoms with Crippen molar-refractivity contribution in [3.8, 4) is 5.75 Å². The van der Waals surface area contributed by atoms with Crippen LogP contribution < -0.4 is 4.74 Å². The molecule has 1 N–H and O–H groups in total. The standard InChI is InChI=1S/C16H22O5S/c1-21-14-10-12(7-8-15(14)22(2,19)20)13(16(17)18)9-11-5-3-4-6-11/h7-8,10-11,13H,3-6,9H2,1-2H3,(H,17,18). The number of carboxylic acid groups (broad SMARTS) is 1. The maximum Gasteiger partial charge on any atom is 0.310 e. The van der Waals surface area contributed by atoms with Crippen molar-refractivity contribution in [3.63, 3.8) is 0 Å². The maximum atomic E-state index is 11.7. The molecule has 0 saturated heterocycles. The van der Waals surface area contributed by atoms with Crippen LogP contribution in [-0.4, -0.2) is 32.9 Å². The summed E-state index contributed by atoms with van der Waals surface area (Å²) in [6, 6.07) is 4.57. The van der Waals surface area contributed by atoms with Crippen LogP contribution in [0, 0.1) is 5.92 Å². The van der Waals surface area contributed by atoms with Crippen molar-refractivity contribution < 1.29 is 23.1 Å². The van der Waals surface area contributed by atoms with Crippen molar-refractivity contribution in [1.29, 1.82) is 0 Å². The number of carbonyl (C=O) groups is 1. The van der Waals surface area contributed by atoms with Crippen molar-refractivity contribution >= 4 is 15.8 Å². The minimum atomic E-state index is -3.40. The monoisotopic (exact) mass is 326 g/mol.